The van der Waals surface area contributed by atoms with Gasteiger partial charge >= 0.3 is 0 Å². The number of halogens is 1. The summed E-state index contributed by atoms with van der Waals surface area (Å²) in [5.74, 6) is -0.319. The Morgan fingerprint density at radius 2 is 2.07 bits per heavy atom. The first-order valence-electron chi connectivity index (χ1n) is 10.9. The summed E-state index contributed by atoms with van der Waals surface area (Å²) in [4.78, 5) is 16.7. The van der Waals surface area contributed by atoms with Gasteiger partial charge in [-0.15, -0.1) is 0 Å². The fourth-order valence-electron chi connectivity index (χ4n) is 4.13. The molecule has 1 aromatic heterocycles. The summed E-state index contributed by atoms with van der Waals surface area (Å²) in [6.45, 7) is 4.42. The molecule has 0 aliphatic carbocycles. The van der Waals surface area contributed by atoms with E-state index in [0.717, 1.165) is 36.9 Å². The van der Waals surface area contributed by atoms with Crippen LogP contribution in [0.1, 0.15) is 60.8 Å². The first kappa shape index (κ1) is 22.4. The molecule has 0 bridgehead atoms. The van der Waals surface area contributed by atoms with E-state index in [1.165, 1.54) is 12.1 Å². The van der Waals surface area contributed by atoms with Crippen molar-refractivity contribution < 1.29 is 14.3 Å². The number of aliphatic hydroxyl groups is 1. The lowest BCUT2D eigenvalue weighted by atomic mass is 9.94. The summed E-state index contributed by atoms with van der Waals surface area (Å²) in [6, 6.07) is 8.29. The van der Waals surface area contributed by atoms with Crippen molar-refractivity contribution in [3.8, 4) is 0 Å². The molecule has 7 heteroatoms. The summed E-state index contributed by atoms with van der Waals surface area (Å²) in [7, 11) is 1.96. The van der Waals surface area contributed by atoms with Crippen molar-refractivity contribution in [1.82, 2.24) is 20.0 Å². The molecule has 1 atom stereocenters. The van der Waals surface area contributed by atoms with Crippen LogP contribution in [0.3, 0.4) is 0 Å². The smallest absolute Gasteiger partial charge is 0.274 e. The molecule has 1 aromatic carbocycles. The number of hydrogen-bond donors (Lipinski definition) is 2. The highest BCUT2D eigenvalue weighted by Crippen LogP contribution is 2.25. The zero-order chi connectivity index (χ0) is 21.6. The van der Waals surface area contributed by atoms with E-state index in [1.54, 1.807) is 17.0 Å². The van der Waals surface area contributed by atoms with E-state index in [0.29, 0.717) is 44.7 Å². The Morgan fingerprint density at radius 1 is 1.30 bits per heavy atom. The van der Waals surface area contributed by atoms with Crippen LogP contribution >= 0.6 is 0 Å². The maximum absolute atomic E-state index is 13.1. The summed E-state index contributed by atoms with van der Waals surface area (Å²) >= 11 is 0. The number of rotatable bonds is 8. The average molecular weight is 417 g/mol. The third-order valence-electron chi connectivity index (χ3n) is 5.78. The number of hydrogen-bond acceptors (Lipinski definition) is 4. The molecule has 164 valence electrons. The van der Waals surface area contributed by atoms with Gasteiger partial charge in [-0.1, -0.05) is 25.5 Å². The van der Waals surface area contributed by atoms with Crippen molar-refractivity contribution in [2.75, 3.05) is 26.7 Å². The van der Waals surface area contributed by atoms with Crippen molar-refractivity contribution in [2.24, 2.45) is 0 Å². The predicted octanol–water partition coefficient (Wildman–Crippen LogP) is 3.38. The Hall–Kier alpha value is -2.25. The van der Waals surface area contributed by atoms with Crippen LogP contribution < -0.4 is 0 Å². The summed E-state index contributed by atoms with van der Waals surface area (Å²) in [6.07, 6.45) is 4.99. The Labute approximate surface area is 178 Å². The van der Waals surface area contributed by atoms with Crippen LogP contribution in [0.15, 0.2) is 30.3 Å². The first-order chi connectivity index (χ1) is 14.4. The zero-order valence-corrected chi connectivity index (χ0v) is 18.0. The number of carbonyl (C=O) groups excluding carboxylic acids is 1. The Kier molecular flexibility index (Phi) is 7.61. The molecule has 0 radical (unpaired) electrons. The van der Waals surface area contributed by atoms with E-state index in [1.807, 2.05) is 13.1 Å². The van der Waals surface area contributed by atoms with E-state index < -0.39 is 5.60 Å². The lowest BCUT2D eigenvalue weighted by Crippen LogP contribution is -2.42. The minimum absolute atomic E-state index is 0.0714. The van der Waals surface area contributed by atoms with Crippen molar-refractivity contribution in [1.29, 1.82) is 0 Å². The number of H-pyrrole nitrogens is 1. The fourth-order valence-corrected chi connectivity index (χ4v) is 4.13. The molecule has 0 saturated carbocycles. The maximum Gasteiger partial charge on any atom is 0.274 e. The van der Waals surface area contributed by atoms with Gasteiger partial charge < -0.3 is 10.0 Å². The Bertz CT molecular complexity index is 823. The van der Waals surface area contributed by atoms with Crippen molar-refractivity contribution >= 4 is 5.91 Å². The molecule has 30 heavy (non-hydrogen) atoms. The molecule has 0 unspecified atom stereocenters. The van der Waals surface area contributed by atoms with Crippen molar-refractivity contribution in [2.45, 2.75) is 57.6 Å². The molecule has 2 N–H and O–H groups in total. The average Bonchev–Trinajstić information content (AvgIpc) is 3.10. The van der Waals surface area contributed by atoms with E-state index in [-0.39, 0.29) is 11.7 Å². The molecule has 0 spiro atoms. The summed E-state index contributed by atoms with van der Waals surface area (Å²) < 4.78 is 13.1. The molecule has 6 nitrogen and oxygen atoms in total. The van der Waals surface area contributed by atoms with Gasteiger partial charge in [-0.3, -0.25) is 14.8 Å². The third-order valence-corrected chi connectivity index (χ3v) is 5.78. The number of nitrogens with one attached hydrogen (secondary N) is 1. The standard InChI is InChI=1S/C23H33FN4O2/c1-3-4-6-20-15-21(26-25-20)22(29)28-13-5-11-23(30,12-14-28)17-27(2)16-18-7-9-19(24)10-8-18/h7-10,15,30H,3-6,11-14,16-17H2,1-2H3,(H,25,26)/t23-/m1/s1. The van der Waals surface area contributed by atoms with E-state index in [9.17, 15) is 14.3 Å². The van der Waals surface area contributed by atoms with Crippen LogP contribution in [0.25, 0.3) is 0 Å². The highest BCUT2D eigenvalue weighted by molar-refractivity contribution is 5.92. The van der Waals surface area contributed by atoms with E-state index in [4.69, 9.17) is 0 Å². The monoisotopic (exact) mass is 416 g/mol. The molecule has 1 aliphatic heterocycles. The SMILES string of the molecule is CCCCc1cc(C(=O)N2CCC[C@](O)(CN(C)Cc3ccc(F)cc3)CC2)n[nH]1. The van der Waals surface area contributed by atoms with Gasteiger partial charge in [0, 0.05) is 31.9 Å². The molecule has 3 rings (SSSR count). The Morgan fingerprint density at radius 3 is 2.80 bits per heavy atom. The normalized spacial score (nSPS) is 19.8. The zero-order valence-electron chi connectivity index (χ0n) is 18.0. The number of unbranched alkanes of at least 4 members (excludes halogenated alkanes) is 1. The highest BCUT2D eigenvalue weighted by atomic mass is 19.1. The number of carbonyl (C=O) groups is 1. The lowest BCUT2D eigenvalue weighted by molar-refractivity contribution is -0.00402. The largest absolute Gasteiger partial charge is 0.388 e. The van der Waals surface area contributed by atoms with Crippen LogP contribution in [0.4, 0.5) is 4.39 Å². The second-order valence-electron chi connectivity index (χ2n) is 8.55. The van der Waals surface area contributed by atoms with Crippen molar-refractivity contribution in [3.05, 3.63) is 53.1 Å². The minimum Gasteiger partial charge on any atom is -0.388 e. The van der Waals surface area contributed by atoms with E-state index in [2.05, 4.69) is 22.0 Å². The van der Waals surface area contributed by atoms with Gasteiger partial charge in [0.1, 0.15) is 11.5 Å². The number of amides is 1. The molecule has 2 aromatic rings. The van der Waals surface area contributed by atoms with Gasteiger partial charge in [-0.25, -0.2) is 4.39 Å². The first-order valence-corrected chi connectivity index (χ1v) is 10.9. The lowest BCUT2D eigenvalue weighted by Gasteiger charge is -2.31. The number of likely N-dealkylation sites (tertiary alicyclic amines) is 1. The number of likely N-dealkylation sites (N-methyl/N-ethyl adjacent to an activating group) is 1. The number of aromatic amines is 1. The fraction of sp³-hybridized carbons (Fsp3) is 0.565. The molecule has 2 heterocycles. The maximum atomic E-state index is 13.1. The third kappa shape index (κ3) is 6.12. The molecule has 1 fully saturated rings. The van der Waals surface area contributed by atoms with Gasteiger partial charge in [-0.05, 0) is 62.9 Å². The van der Waals surface area contributed by atoms with Crippen LogP contribution in [0.2, 0.25) is 0 Å². The number of benzene rings is 1. The Balaban J connectivity index is 1.54. The molecule has 1 saturated heterocycles. The van der Waals surface area contributed by atoms with Crippen LogP contribution in [-0.4, -0.2) is 63.3 Å². The second-order valence-corrected chi connectivity index (χ2v) is 8.55. The quantitative estimate of drug-likeness (QED) is 0.692. The predicted molar refractivity (Wildman–Crippen MR) is 115 cm³/mol. The molecular weight excluding hydrogens is 383 g/mol. The van der Waals surface area contributed by atoms with Gasteiger partial charge in [0.2, 0.25) is 0 Å². The van der Waals surface area contributed by atoms with Crippen molar-refractivity contribution in [3.63, 3.8) is 0 Å². The van der Waals surface area contributed by atoms with Crippen LogP contribution in [0, 0.1) is 5.82 Å². The van der Waals surface area contributed by atoms with Gasteiger partial charge in [0.15, 0.2) is 0 Å². The molecule has 1 amide bonds. The van der Waals surface area contributed by atoms with Gasteiger partial charge in [0.25, 0.3) is 5.91 Å². The summed E-state index contributed by atoms with van der Waals surface area (Å²) in [5, 5.41) is 18.3. The number of aryl methyl sites for hydroxylation is 1. The van der Waals surface area contributed by atoms with Crippen LogP contribution in [0.5, 0.6) is 0 Å². The molecular formula is C23H33FN4O2. The molecule has 1 aliphatic rings. The van der Waals surface area contributed by atoms with Crippen LogP contribution in [-0.2, 0) is 13.0 Å². The topological polar surface area (TPSA) is 72.5 Å². The summed E-state index contributed by atoms with van der Waals surface area (Å²) in [5.41, 5.74) is 1.61. The van der Waals surface area contributed by atoms with E-state index >= 15 is 0 Å². The number of aromatic nitrogens is 2. The van der Waals surface area contributed by atoms with Gasteiger partial charge in [-0.2, -0.15) is 5.10 Å². The second kappa shape index (κ2) is 10.2. The number of nitrogens with zero attached hydrogens (tertiary/aromatic N) is 3. The minimum atomic E-state index is -0.846. The van der Waals surface area contributed by atoms with Gasteiger partial charge in [0.05, 0.1) is 5.60 Å². The highest BCUT2D eigenvalue weighted by Gasteiger charge is 2.33.